The second-order valence-electron chi connectivity index (χ2n) is 4.76. The molecule has 0 aliphatic rings. The van der Waals surface area contributed by atoms with Crippen LogP contribution in [0.4, 0.5) is 4.39 Å². The van der Waals surface area contributed by atoms with E-state index in [0.29, 0.717) is 12.1 Å². The molecule has 0 bridgehead atoms. The zero-order chi connectivity index (χ0) is 15.4. The molecule has 1 amide bonds. The molecule has 0 saturated heterocycles. The summed E-state index contributed by atoms with van der Waals surface area (Å²) in [6.45, 7) is 0.296. The molecule has 0 saturated carbocycles. The van der Waals surface area contributed by atoms with Crippen LogP contribution in [0.3, 0.4) is 0 Å². The van der Waals surface area contributed by atoms with Crippen molar-refractivity contribution in [3.63, 3.8) is 0 Å². The van der Waals surface area contributed by atoms with E-state index in [4.69, 9.17) is 0 Å². The third-order valence-corrected chi connectivity index (χ3v) is 3.80. The number of halogens is 1. The SMILES string of the molecule is O=C(NCc1cccc(F)c1)c1ccc(-c2cscn2)cc1. The Labute approximate surface area is 131 Å². The Bertz CT molecular complexity index is 770. The molecule has 0 unspecified atom stereocenters. The normalized spacial score (nSPS) is 10.4. The second-order valence-corrected chi connectivity index (χ2v) is 5.48. The lowest BCUT2D eigenvalue weighted by atomic mass is 10.1. The fourth-order valence-electron chi connectivity index (χ4n) is 2.08. The van der Waals surface area contributed by atoms with E-state index in [2.05, 4.69) is 10.3 Å². The Kier molecular flexibility index (Phi) is 4.25. The summed E-state index contributed by atoms with van der Waals surface area (Å²) in [4.78, 5) is 16.3. The zero-order valence-corrected chi connectivity index (χ0v) is 12.4. The average Bonchev–Trinajstić information content (AvgIpc) is 3.07. The molecule has 3 nitrogen and oxygen atoms in total. The lowest BCUT2D eigenvalue weighted by molar-refractivity contribution is 0.0951. The van der Waals surface area contributed by atoms with E-state index in [1.165, 1.54) is 23.5 Å². The molecule has 22 heavy (non-hydrogen) atoms. The van der Waals surface area contributed by atoms with Gasteiger partial charge in [0, 0.05) is 23.1 Å². The number of amides is 1. The van der Waals surface area contributed by atoms with Crippen molar-refractivity contribution in [1.82, 2.24) is 10.3 Å². The summed E-state index contributed by atoms with van der Waals surface area (Å²) in [6.07, 6.45) is 0. The quantitative estimate of drug-likeness (QED) is 0.794. The Morgan fingerprint density at radius 2 is 2.00 bits per heavy atom. The van der Waals surface area contributed by atoms with Gasteiger partial charge in [0.05, 0.1) is 11.2 Å². The van der Waals surface area contributed by atoms with Gasteiger partial charge < -0.3 is 5.32 Å². The highest BCUT2D eigenvalue weighted by Crippen LogP contribution is 2.19. The lowest BCUT2D eigenvalue weighted by Gasteiger charge is -2.06. The van der Waals surface area contributed by atoms with Crippen molar-refractivity contribution in [2.75, 3.05) is 0 Å². The third kappa shape index (κ3) is 3.38. The van der Waals surface area contributed by atoms with E-state index in [9.17, 15) is 9.18 Å². The molecule has 0 atom stereocenters. The van der Waals surface area contributed by atoms with Crippen LogP contribution in [-0.4, -0.2) is 10.9 Å². The number of aromatic nitrogens is 1. The fraction of sp³-hybridized carbons (Fsp3) is 0.0588. The summed E-state index contributed by atoms with van der Waals surface area (Å²) in [5, 5.41) is 4.73. The van der Waals surface area contributed by atoms with Gasteiger partial charge in [-0.15, -0.1) is 11.3 Å². The van der Waals surface area contributed by atoms with E-state index in [-0.39, 0.29) is 11.7 Å². The van der Waals surface area contributed by atoms with Crippen LogP contribution in [0.1, 0.15) is 15.9 Å². The Hall–Kier alpha value is -2.53. The van der Waals surface area contributed by atoms with E-state index in [1.807, 2.05) is 17.5 Å². The maximum atomic E-state index is 13.1. The predicted molar refractivity (Wildman–Crippen MR) is 85.1 cm³/mol. The van der Waals surface area contributed by atoms with Gasteiger partial charge in [0.2, 0.25) is 0 Å². The van der Waals surface area contributed by atoms with Crippen LogP contribution in [0.25, 0.3) is 11.3 Å². The Morgan fingerprint density at radius 3 is 2.68 bits per heavy atom. The summed E-state index contributed by atoms with van der Waals surface area (Å²) in [7, 11) is 0. The van der Waals surface area contributed by atoms with Gasteiger partial charge in [-0.3, -0.25) is 4.79 Å². The maximum absolute atomic E-state index is 13.1. The molecule has 3 rings (SSSR count). The standard InChI is InChI=1S/C17H13FN2OS/c18-15-3-1-2-12(8-15)9-19-17(21)14-6-4-13(5-7-14)16-10-22-11-20-16/h1-8,10-11H,9H2,(H,19,21). The van der Waals surface area contributed by atoms with Gasteiger partial charge in [-0.05, 0) is 29.8 Å². The molecule has 110 valence electrons. The van der Waals surface area contributed by atoms with Crippen molar-refractivity contribution < 1.29 is 9.18 Å². The predicted octanol–water partition coefficient (Wildman–Crippen LogP) is 3.88. The second kappa shape index (κ2) is 6.49. The summed E-state index contributed by atoms with van der Waals surface area (Å²) < 4.78 is 13.1. The lowest BCUT2D eigenvalue weighted by Crippen LogP contribution is -2.22. The molecular formula is C17H13FN2OS. The molecule has 0 radical (unpaired) electrons. The van der Waals surface area contributed by atoms with E-state index < -0.39 is 0 Å². The van der Waals surface area contributed by atoms with Crippen LogP contribution in [0, 0.1) is 5.82 Å². The highest BCUT2D eigenvalue weighted by Gasteiger charge is 2.07. The van der Waals surface area contributed by atoms with E-state index in [0.717, 1.165) is 16.8 Å². The Morgan fingerprint density at radius 1 is 1.18 bits per heavy atom. The van der Waals surface area contributed by atoms with Gasteiger partial charge in [0.1, 0.15) is 5.82 Å². The number of hydrogen-bond acceptors (Lipinski definition) is 3. The smallest absolute Gasteiger partial charge is 0.251 e. The summed E-state index contributed by atoms with van der Waals surface area (Å²) in [5.41, 5.74) is 4.94. The van der Waals surface area contributed by atoms with Crippen LogP contribution < -0.4 is 5.32 Å². The molecule has 0 spiro atoms. The van der Waals surface area contributed by atoms with Crippen LogP contribution in [-0.2, 0) is 6.54 Å². The van der Waals surface area contributed by atoms with E-state index >= 15 is 0 Å². The molecular weight excluding hydrogens is 299 g/mol. The van der Waals surface area contributed by atoms with Crippen LogP contribution >= 0.6 is 11.3 Å². The molecule has 1 aromatic heterocycles. The van der Waals surface area contributed by atoms with Gasteiger partial charge in [-0.1, -0.05) is 24.3 Å². The molecule has 2 aromatic carbocycles. The number of rotatable bonds is 4. The molecule has 0 aliphatic carbocycles. The van der Waals surface area contributed by atoms with E-state index in [1.54, 1.807) is 29.8 Å². The first-order chi connectivity index (χ1) is 10.7. The number of benzene rings is 2. The minimum absolute atomic E-state index is 0.186. The van der Waals surface area contributed by atoms with Crippen LogP contribution in [0.2, 0.25) is 0 Å². The largest absolute Gasteiger partial charge is 0.348 e. The summed E-state index contributed by atoms with van der Waals surface area (Å²) >= 11 is 1.53. The Balaban J connectivity index is 1.65. The van der Waals surface area contributed by atoms with Crippen molar-refractivity contribution in [3.05, 3.63) is 76.4 Å². The topological polar surface area (TPSA) is 42.0 Å². The number of thiazole rings is 1. The highest BCUT2D eigenvalue weighted by atomic mass is 32.1. The molecule has 5 heteroatoms. The van der Waals surface area contributed by atoms with Gasteiger partial charge in [0.15, 0.2) is 0 Å². The number of nitrogens with one attached hydrogen (secondary N) is 1. The minimum Gasteiger partial charge on any atom is -0.348 e. The first-order valence-corrected chi connectivity index (χ1v) is 7.68. The average molecular weight is 312 g/mol. The minimum atomic E-state index is -0.306. The summed E-state index contributed by atoms with van der Waals surface area (Å²) in [5.74, 6) is -0.492. The first-order valence-electron chi connectivity index (χ1n) is 6.73. The third-order valence-electron chi connectivity index (χ3n) is 3.22. The molecule has 1 N–H and O–H groups in total. The molecule has 0 aliphatic heterocycles. The fourth-order valence-corrected chi connectivity index (χ4v) is 2.64. The van der Waals surface area contributed by atoms with Crippen molar-refractivity contribution in [3.8, 4) is 11.3 Å². The molecule has 1 heterocycles. The first kappa shape index (κ1) is 14.4. The van der Waals surface area contributed by atoms with Crippen LogP contribution in [0.5, 0.6) is 0 Å². The van der Waals surface area contributed by atoms with Gasteiger partial charge in [-0.2, -0.15) is 0 Å². The van der Waals surface area contributed by atoms with Gasteiger partial charge in [0.25, 0.3) is 5.91 Å². The monoisotopic (exact) mass is 312 g/mol. The highest BCUT2D eigenvalue weighted by molar-refractivity contribution is 7.07. The number of carbonyl (C=O) groups is 1. The zero-order valence-electron chi connectivity index (χ0n) is 11.6. The van der Waals surface area contributed by atoms with Gasteiger partial charge >= 0.3 is 0 Å². The molecule has 0 fully saturated rings. The maximum Gasteiger partial charge on any atom is 0.251 e. The number of carbonyl (C=O) groups excluding carboxylic acids is 1. The van der Waals surface area contributed by atoms with Crippen molar-refractivity contribution >= 4 is 17.2 Å². The summed E-state index contributed by atoms with van der Waals surface area (Å²) in [6, 6.07) is 13.4. The number of hydrogen-bond donors (Lipinski definition) is 1. The molecule has 3 aromatic rings. The van der Waals surface area contributed by atoms with Crippen molar-refractivity contribution in [2.45, 2.75) is 6.54 Å². The van der Waals surface area contributed by atoms with Gasteiger partial charge in [-0.25, -0.2) is 9.37 Å². The number of nitrogens with zero attached hydrogens (tertiary/aromatic N) is 1. The van der Waals surface area contributed by atoms with Crippen molar-refractivity contribution in [2.24, 2.45) is 0 Å². The van der Waals surface area contributed by atoms with Crippen LogP contribution in [0.15, 0.2) is 59.4 Å². The van der Waals surface area contributed by atoms with Crippen molar-refractivity contribution in [1.29, 1.82) is 0 Å².